The van der Waals surface area contributed by atoms with E-state index in [1.54, 1.807) is 0 Å². The Bertz CT molecular complexity index is 950. The first kappa shape index (κ1) is 14.5. The third-order valence-corrected chi connectivity index (χ3v) is 3.79. The van der Waals surface area contributed by atoms with Crippen molar-refractivity contribution in [2.24, 2.45) is 0 Å². The zero-order valence-corrected chi connectivity index (χ0v) is 13.6. The number of oxazole rings is 1. The second-order valence-corrected chi connectivity index (χ2v) is 5.70. The molecule has 24 heavy (non-hydrogen) atoms. The summed E-state index contributed by atoms with van der Waals surface area (Å²) in [5.41, 5.74) is 4.73. The van der Waals surface area contributed by atoms with E-state index >= 15 is 0 Å². The summed E-state index contributed by atoms with van der Waals surface area (Å²) in [7, 11) is 0. The molecule has 0 radical (unpaired) electrons. The third kappa shape index (κ3) is 2.76. The minimum Gasteiger partial charge on any atom is -0.484 e. The van der Waals surface area contributed by atoms with Gasteiger partial charge in [-0.2, -0.15) is 5.10 Å². The lowest BCUT2D eigenvalue weighted by Gasteiger charge is -2.07. The average Bonchev–Trinajstić information content (AvgIpc) is 3.15. The Kier molecular flexibility index (Phi) is 3.54. The Balaban J connectivity index is 1.48. The summed E-state index contributed by atoms with van der Waals surface area (Å²) in [6, 6.07) is 17.6. The largest absolute Gasteiger partial charge is 0.484 e. The van der Waals surface area contributed by atoms with Gasteiger partial charge in [-0.3, -0.25) is 0 Å². The average molecular weight is 319 g/mol. The van der Waals surface area contributed by atoms with Crippen LogP contribution in [0.5, 0.6) is 5.75 Å². The predicted octanol–water partition coefficient (Wildman–Crippen LogP) is 4.21. The van der Waals surface area contributed by atoms with Crippen LogP contribution >= 0.6 is 0 Å². The maximum absolute atomic E-state index is 5.76. The van der Waals surface area contributed by atoms with Crippen molar-refractivity contribution in [3.8, 4) is 11.4 Å². The zero-order chi connectivity index (χ0) is 16.5. The van der Waals surface area contributed by atoms with Crippen molar-refractivity contribution in [2.75, 3.05) is 0 Å². The molecule has 0 aliphatic rings. The van der Waals surface area contributed by atoms with E-state index in [9.17, 15) is 0 Å². The van der Waals surface area contributed by atoms with E-state index in [1.165, 1.54) is 0 Å². The number of benzene rings is 2. The lowest BCUT2D eigenvalue weighted by atomic mass is 10.3. The van der Waals surface area contributed by atoms with Gasteiger partial charge in [0, 0.05) is 5.69 Å². The molecule has 0 fully saturated rings. The molecule has 4 rings (SSSR count). The van der Waals surface area contributed by atoms with Crippen molar-refractivity contribution in [1.29, 1.82) is 0 Å². The molecule has 0 atom stereocenters. The van der Waals surface area contributed by atoms with Crippen LogP contribution in [0.25, 0.3) is 16.8 Å². The summed E-state index contributed by atoms with van der Waals surface area (Å²) in [5.74, 6) is 1.33. The number of aryl methyl sites for hydroxylation is 2. The summed E-state index contributed by atoms with van der Waals surface area (Å²) < 4.78 is 13.3. The first-order valence-electron chi connectivity index (χ1n) is 7.80. The number of hydrogen-bond acceptors (Lipinski definition) is 4. The molecule has 2 heterocycles. The molecule has 2 aromatic carbocycles. The second-order valence-electron chi connectivity index (χ2n) is 5.70. The van der Waals surface area contributed by atoms with Crippen LogP contribution in [0.2, 0.25) is 0 Å². The van der Waals surface area contributed by atoms with Crippen molar-refractivity contribution >= 4 is 11.1 Å². The number of fused-ring (bicyclic) bond motifs is 1. The lowest BCUT2D eigenvalue weighted by Crippen LogP contribution is -1.99. The van der Waals surface area contributed by atoms with Crippen LogP contribution in [-0.2, 0) is 6.61 Å². The van der Waals surface area contributed by atoms with Gasteiger partial charge in [0.05, 0.1) is 11.4 Å². The predicted molar refractivity (Wildman–Crippen MR) is 91.4 cm³/mol. The van der Waals surface area contributed by atoms with Crippen LogP contribution in [0.4, 0.5) is 0 Å². The van der Waals surface area contributed by atoms with Crippen molar-refractivity contribution in [3.05, 3.63) is 71.9 Å². The summed E-state index contributed by atoms with van der Waals surface area (Å²) in [6.07, 6.45) is 0. The molecule has 0 saturated heterocycles. The van der Waals surface area contributed by atoms with Gasteiger partial charge < -0.3 is 9.15 Å². The van der Waals surface area contributed by atoms with E-state index < -0.39 is 0 Å². The van der Waals surface area contributed by atoms with Gasteiger partial charge in [-0.15, -0.1) is 0 Å². The fourth-order valence-electron chi connectivity index (χ4n) is 2.70. The molecule has 5 nitrogen and oxygen atoms in total. The van der Waals surface area contributed by atoms with E-state index in [0.29, 0.717) is 12.5 Å². The van der Waals surface area contributed by atoms with Crippen LogP contribution in [0.15, 0.2) is 59.0 Å². The summed E-state index contributed by atoms with van der Waals surface area (Å²) in [6.45, 7) is 4.33. The number of hydrogen-bond donors (Lipinski definition) is 0. The second kappa shape index (κ2) is 5.85. The van der Waals surface area contributed by atoms with Crippen molar-refractivity contribution in [3.63, 3.8) is 0 Å². The molecule has 5 heteroatoms. The fraction of sp³-hybridized carbons (Fsp3) is 0.158. The van der Waals surface area contributed by atoms with Gasteiger partial charge in [-0.1, -0.05) is 12.1 Å². The molecule has 0 aliphatic heterocycles. The van der Waals surface area contributed by atoms with Gasteiger partial charge in [0.15, 0.2) is 12.2 Å². The van der Waals surface area contributed by atoms with Gasteiger partial charge >= 0.3 is 0 Å². The Hall–Kier alpha value is -3.08. The van der Waals surface area contributed by atoms with E-state index in [0.717, 1.165) is 33.9 Å². The highest BCUT2D eigenvalue weighted by atomic mass is 16.5. The van der Waals surface area contributed by atoms with E-state index in [4.69, 9.17) is 9.15 Å². The first-order valence-corrected chi connectivity index (χ1v) is 7.80. The van der Waals surface area contributed by atoms with Crippen molar-refractivity contribution in [2.45, 2.75) is 20.5 Å². The molecule has 4 aromatic rings. The highest BCUT2D eigenvalue weighted by Crippen LogP contribution is 2.19. The maximum atomic E-state index is 5.76. The van der Waals surface area contributed by atoms with Crippen LogP contribution in [0, 0.1) is 13.8 Å². The highest BCUT2D eigenvalue weighted by Gasteiger charge is 2.07. The summed E-state index contributed by atoms with van der Waals surface area (Å²) >= 11 is 0. The Morgan fingerprint density at radius 1 is 1.04 bits per heavy atom. The molecule has 0 aliphatic carbocycles. The number of aromatic nitrogens is 3. The fourth-order valence-corrected chi connectivity index (χ4v) is 2.70. The number of para-hydroxylation sites is 2. The van der Waals surface area contributed by atoms with Crippen molar-refractivity contribution < 1.29 is 9.15 Å². The number of nitrogens with zero attached hydrogens (tertiary/aromatic N) is 3. The highest BCUT2D eigenvalue weighted by molar-refractivity contribution is 5.72. The zero-order valence-electron chi connectivity index (χ0n) is 13.6. The lowest BCUT2D eigenvalue weighted by molar-refractivity contribution is 0.267. The van der Waals surface area contributed by atoms with Gasteiger partial charge in [0.25, 0.3) is 0 Å². The molecule has 0 spiro atoms. The number of ether oxygens (including phenoxy) is 1. The van der Waals surface area contributed by atoms with Crippen LogP contribution in [-0.4, -0.2) is 14.8 Å². The molecule has 0 bridgehead atoms. The summed E-state index contributed by atoms with van der Waals surface area (Å²) in [5, 5.41) is 4.48. The minimum absolute atomic E-state index is 0.300. The first-order chi connectivity index (χ1) is 11.7. The van der Waals surface area contributed by atoms with Crippen LogP contribution in [0.3, 0.4) is 0 Å². The van der Waals surface area contributed by atoms with Gasteiger partial charge in [-0.25, -0.2) is 9.67 Å². The van der Waals surface area contributed by atoms with Gasteiger partial charge in [0.1, 0.15) is 11.3 Å². The van der Waals surface area contributed by atoms with Gasteiger partial charge in [-0.05, 0) is 56.3 Å². The molecule has 0 N–H and O–H groups in total. The maximum Gasteiger partial charge on any atom is 0.233 e. The SMILES string of the molecule is Cc1cc(C)n(-c2ccc(OCc3nc4ccccc4o3)cc2)n1. The monoisotopic (exact) mass is 319 g/mol. The minimum atomic E-state index is 0.300. The quantitative estimate of drug-likeness (QED) is 0.565. The van der Waals surface area contributed by atoms with E-state index in [2.05, 4.69) is 16.1 Å². The smallest absolute Gasteiger partial charge is 0.233 e. The normalized spacial score (nSPS) is 11.1. The Labute approximate surface area is 139 Å². The molecule has 2 aromatic heterocycles. The standard InChI is InChI=1S/C19H17N3O2/c1-13-11-14(2)22(21-13)15-7-9-16(10-8-15)23-12-19-20-17-5-3-4-6-18(17)24-19/h3-11H,12H2,1-2H3. The summed E-state index contributed by atoms with van der Waals surface area (Å²) in [4.78, 5) is 4.40. The molecule has 0 saturated carbocycles. The van der Waals surface area contributed by atoms with E-state index in [1.807, 2.05) is 67.1 Å². The molecular formula is C19H17N3O2. The molecule has 0 amide bonds. The van der Waals surface area contributed by atoms with Gasteiger partial charge in [0.2, 0.25) is 5.89 Å². The third-order valence-electron chi connectivity index (χ3n) is 3.79. The number of rotatable bonds is 4. The molecular weight excluding hydrogens is 302 g/mol. The Morgan fingerprint density at radius 3 is 2.54 bits per heavy atom. The topological polar surface area (TPSA) is 53.1 Å². The molecule has 120 valence electrons. The molecule has 0 unspecified atom stereocenters. The Morgan fingerprint density at radius 2 is 1.83 bits per heavy atom. The van der Waals surface area contributed by atoms with Crippen LogP contribution in [0.1, 0.15) is 17.3 Å². The van der Waals surface area contributed by atoms with Crippen molar-refractivity contribution in [1.82, 2.24) is 14.8 Å². The van der Waals surface area contributed by atoms with Crippen LogP contribution < -0.4 is 4.74 Å². The van der Waals surface area contributed by atoms with E-state index in [-0.39, 0.29) is 0 Å².